The van der Waals surface area contributed by atoms with Gasteiger partial charge in [0.25, 0.3) is 0 Å². The predicted molar refractivity (Wildman–Crippen MR) is 91.5 cm³/mol. The topological polar surface area (TPSA) is 82.5 Å². The van der Waals surface area contributed by atoms with Crippen molar-refractivity contribution in [1.29, 1.82) is 0 Å². The third-order valence-electron chi connectivity index (χ3n) is 4.99. The number of amides is 1. The molecule has 2 saturated heterocycles. The predicted octanol–water partition coefficient (Wildman–Crippen LogP) is 1.15. The van der Waals surface area contributed by atoms with Gasteiger partial charge in [0.2, 0.25) is 5.91 Å². The van der Waals surface area contributed by atoms with Crippen LogP contribution in [-0.4, -0.2) is 48.0 Å². The highest BCUT2D eigenvalue weighted by atomic mass is 16.3. The molecule has 6 nitrogen and oxygen atoms in total. The first-order valence-electron chi connectivity index (χ1n) is 8.41. The number of ketones is 1. The number of nitrogens with zero attached hydrogens (tertiary/aromatic N) is 2. The van der Waals surface area contributed by atoms with Crippen molar-refractivity contribution < 1.29 is 14.7 Å². The van der Waals surface area contributed by atoms with Crippen molar-refractivity contribution in [3.05, 3.63) is 30.0 Å². The van der Waals surface area contributed by atoms with Crippen LogP contribution < -0.4 is 10.2 Å². The molecule has 3 heterocycles. The maximum Gasteiger partial charge on any atom is 0.228 e. The van der Waals surface area contributed by atoms with Crippen LogP contribution in [0.15, 0.2) is 24.4 Å². The normalized spacial score (nSPS) is 20.7. The van der Waals surface area contributed by atoms with Gasteiger partial charge in [-0.2, -0.15) is 0 Å². The number of pyridine rings is 1. The van der Waals surface area contributed by atoms with Crippen LogP contribution in [-0.2, 0) is 9.59 Å². The minimum atomic E-state index is -0.499. The summed E-state index contributed by atoms with van der Waals surface area (Å²) in [6, 6.07) is 3.65. The largest absolute Gasteiger partial charge is 0.388 e. The second-order valence-corrected chi connectivity index (χ2v) is 6.64. The van der Waals surface area contributed by atoms with Crippen molar-refractivity contribution in [3.63, 3.8) is 0 Å². The van der Waals surface area contributed by atoms with E-state index in [4.69, 9.17) is 5.11 Å². The number of aromatic nitrogens is 1. The van der Waals surface area contributed by atoms with Gasteiger partial charge >= 0.3 is 0 Å². The Labute approximate surface area is 141 Å². The Bertz CT molecular complexity index is 633. The van der Waals surface area contributed by atoms with Gasteiger partial charge in [0.15, 0.2) is 5.78 Å². The van der Waals surface area contributed by atoms with Crippen LogP contribution >= 0.6 is 0 Å². The van der Waals surface area contributed by atoms with Gasteiger partial charge in [-0.05, 0) is 67.6 Å². The third-order valence-corrected chi connectivity index (χ3v) is 4.99. The Hall–Kier alpha value is -2.05. The standard InChI is InChI=1S/C18H23N3O3/c22-12-15(23)3-1-14-2-4-16(20-11-14)21-13-18(6-5-17(21)24)7-9-19-10-8-18/h1-4,11,19,22H,5-10,12-13H2/b3-1+. The van der Waals surface area contributed by atoms with Gasteiger partial charge in [-0.15, -0.1) is 0 Å². The van der Waals surface area contributed by atoms with Crippen molar-refractivity contribution in [1.82, 2.24) is 10.3 Å². The lowest BCUT2D eigenvalue weighted by molar-refractivity contribution is -0.121. The van der Waals surface area contributed by atoms with Gasteiger partial charge in [-0.1, -0.05) is 0 Å². The number of nitrogens with one attached hydrogen (secondary N) is 1. The average Bonchev–Trinajstić information content (AvgIpc) is 2.63. The minimum absolute atomic E-state index is 0.130. The summed E-state index contributed by atoms with van der Waals surface area (Å²) >= 11 is 0. The van der Waals surface area contributed by atoms with Crippen molar-refractivity contribution in [2.75, 3.05) is 31.1 Å². The van der Waals surface area contributed by atoms with Crippen molar-refractivity contribution in [2.45, 2.75) is 25.7 Å². The van der Waals surface area contributed by atoms with E-state index >= 15 is 0 Å². The van der Waals surface area contributed by atoms with Gasteiger partial charge in [-0.3, -0.25) is 14.5 Å². The van der Waals surface area contributed by atoms with Crippen LogP contribution in [0.25, 0.3) is 6.08 Å². The first kappa shape index (κ1) is 16.8. The third kappa shape index (κ3) is 3.71. The molecule has 2 aliphatic rings. The smallest absolute Gasteiger partial charge is 0.228 e. The fourth-order valence-corrected chi connectivity index (χ4v) is 3.48. The molecule has 24 heavy (non-hydrogen) atoms. The van der Waals surface area contributed by atoms with Crippen molar-refractivity contribution in [3.8, 4) is 0 Å². The Morgan fingerprint density at radius 2 is 2.12 bits per heavy atom. The fraction of sp³-hybridized carbons (Fsp3) is 0.500. The maximum atomic E-state index is 12.3. The summed E-state index contributed by atoms with van der Waals surface area (Å²) in [5.41, 5.74) is 0.981. The summed E-state index contributed by atoms with van der Waals surface area (Å²) in [5.74, 6) is 0.451. The second-order valence-electron chi connectivity index (χ2n) is 6.64. The first-order valence-corrected chi connectivity index (χ1v) is 8.41. The Morgan fingerprint density at radius 3 is 2.79 bits per heavy atom. The molecule has 1 aromatic rings. The fourth-order valence-electron chi connectivity index (χ4n) is 3.48. The molecular weight excluding hydrogens is 306 g/mol. The Balaban J connectivity index is 1.73. The van der Waals surface area contributed by atoms with E-state index in [1.807, 2.05) is 12.1 Å². The zero-order valence-electron chi connectivity index (χ0n) is 13.7. The lowest BCUT2D eigenvalue weighted by atomic mass is 9.73. The van der Waals surface area contributed by atoms with E-state index < -0.39 is 6.61 Å². The first-order chi connectivity index (χ1) is 11.6. The Kier molecular flexibility index (Phi) is 5.06. The molecule has 0 unspecified atom stereocenters. The van der Waals surface area contributed by atoms with Gasteiger partial charge in [0.05, 0.1) is 0 Å². The van der Waals surface area contributed by atoms with E-state index in [0.717, 1.165) is 44.5 Å². The highest BCUT2D eigenvalue weighted by molar-refractivity contribution is 5.95. The number of carbonyl (C=O) groups is 2. The number of rotatable bonds is 4. The van der Waals surface area contributed by atoms with E-state index in [1.165, 1.54) is 6.08 Å². The van der Waals surface area contributed by atoms with E-state index in [-0.39, 0.29) is 17.1 Å². The van der Waals surface area contributed by atoms with Crippen molar-refractivity contribution in [2.24, 2.45) is 5.41 Å². The van der Waals surface area contributed by atoms with Crippen LogP contribution in [0.5, 0.6) is 0 Å². The Morgan fingerprint density at radius 1 is 1.33 bits per heavy atom. The lowest BCUT2D eigenvalue weighted by Crippen LogP contribution is -2.51. The molecule has 6 heteroatoms. The number of hydrogen-bond donors (Lipinski definition) is 2. The number of aliphatic hydroxyl groups is 1. The average molecular weight is 329 g/mol. The monoisotopic (exact) mass is 329 g/mol. The molecule has 0 bridgehead atoms. The molecule has 0 saturated carbocycles. The molecule has 2 aliphatic heterocycles. The molecule has 0 aromatic carbocycles. The summed E-state index contributed by atoms with van der Waals surface area (Å²) in [6.45, 7) is 2.26. The van der Waals surface area contributed by atoms with E-state index in [0.29, 0.717) is 12.2 Å². The van der Waals surface area contributed by atoms with Gasteiger partial charge < -0.3 is 10.4 Å². The lowest BCUT2D eigenvalue weighted by Gasteiger charge is -2.44. The SMILES string of the molecule is O=C(/C=C/c1ccc(N2CC3(CCNCC3)CCC2=O)nc1)CO. The zero-order chi connectivity index (χ0) is 17.0. The van der Waals surface area contributed by atoms with Gasteiger partial charge in [0, 0.05) is 19.2 Å². The maximum absolute atomic E-state index is 12.3. The summed E-state index contributed by atoms with van der Waals surface area (Å²) in [4.78, 5) is 29.6. The summed E-state index contributed by atoms with van der Waals surface area (Å²) in [5, 5.41) is 12.1. The quantitative estimate of drug-likeness (QED) is 0.810. The molecule has 0 aliphatic carbocycles. The van der Waals surface area contributed by atoms with Gasteiger partial charge in [-0.25, -0.2) is 4.98 Å². The van der Waals surface area contributed by atoms with Crippen LogP contribution in [0, 0.1) is 5.41 Å². The highest BCUT2D eigenvalue weighted by Gasteiger charge is 2.40. The summed E-state index contributed by atoms with van der Waals surface area (Å²) in [7, 11) is 0. The molecule has 2 N–H and O–H groups in total. The minimum Gasteiger partial charge on any atom is -0.388 e. The highest BCUT2D eigenvalue weighted by Crippen LogP contribution is 2.39. The summed E-state index contributed by atoms with van der Waals surface area (Å²) < 4.78 is 0. The molecular formula is C18H23N3O3. The molecule has 1 spiro atoms. The number of anilines is 1. The molecule has 3 rings (SSSR count). The van der Waals surface area contributed by atoms with E-state index in [1.54, 1.807) is 17.2 Å². The second kappa shape index (κ2) is 7.23. The molecule has 1 aromatic heterocycles. The van der Waals surface area contributed by atoms with Gasteiger partial charge in [0.1, 0.15) is 12.4 Å². The van der Waals surface area contributed by atoms with E-state index in [9.17, 15) is 9.59 Å². The van der Waals surface area contributed by atoms with Crippen LogP contribution in [0.4, 0.5) is 5.82 Å². The molecule has 0 atom stereocenters. The molecule has 1 amide bonds. The van der Waals surface area contributed by atoms with E-state index in [2.05, 4.69) is 10.3 Å². The number of carbonyl (C=O) groups excluding carboxylic acids is 2. The number of piperidine rings is 2. The molecule has 2 fully saturated rings. The zero-order valence-corrected chi connectivity index (χ0v) is 13.7. The van der Waals surface area contributed by atoms with Crippen LogP contribution in [0.2, 0.25) is 0 Å². The summed E-state index contributed by atoms with van der Waals surface area (Å²) in [6.07, 6.45) is 8.33. The number of hydrogen-bond acceptors (Lipinski definition) is 5. The molecule has 0 radical (unpaired) electrons. The number of aliphatic hydroxyl groups excluding tert-OH is 1. The van der Waals surface area contributed by atoms with Crippen LogP contribution in [0.1, 0.15) is 31.2 Å². The van der Waals surface area contributed by atoms with Crippen LogP contribution in [0.3, 0.4) is 0 Å². The van der Waals surface area contributed by atoms with Crippen molar-refractivity contribution >= 4 is 23.6 Å². The molecule has 128 valence electrons.